The SMILES string of the molecule is C/C(N)=C(\NC(=O)OCc1ccccc1)N(N)c1cc(F)c(-c2ccc(C3(C(=O)O)CCOCC3)cc2)cc1F. The van der Waals surface area contributed by atoms with E-state index in [-0.39, 0.29) is 29.4 Å². The summed E-state index contributed by atoms with van der Waals surface area (Å²) in [7, 11) is 0. The molecule has 3 aromatic carbocycles. The van der Waals surface area contributed by atoms with Gasteiger partial charge in [0.05, 0.1) is 11.1 Å². The van der Waals surface area contributed by atoms with Gasteiger partial charge < -0.3 is 20.3 Å². The van der Waals surface area contributed by atoms with Gasteiger partial charge in [0.1, 0.15) is 24.1 Å². The number of allylic oxidation sites excluding steroid dienone is 1. The fourth-order valence-corrected chi connectivity index (χ4v) is 4.58. The largest absolute Gasteiger partial charge is 0.481 e. The van der Waals surface area contributed by atoms with Gasteiger partial charge in [0, 0.05) is 30.5 Å². The van der Waals surface area contributed by atoms with Crippen LogP contribution in [0.1, 0.15) is 30.9 Å². The lowest BCUT2D eigenvalue weighted by atomic mass is 9.74. The van der Waals surface area contributed by atoms with Crippen LogP contribution in [0.5, 0.6) is 0 Å². The first kappa shape index (κ1) is 28.5. The summed E-state index contributed by atoms with van der Waals surface area (Å²) in [6.45, 7) is 2.05. The molecule has 0 saturated carbocycles. The highest BCUT2D eigenvalue weighted by Crippen LogP contribution is 2.37. The number of amides is 1. The molecule has 0 radical (unpaired) electrons. The quantitative estimate of drug-likeness (QED) is 0.236. The van der Waals surface area contributed by atoms with Crippen molar-refractivity contribution in [1.29, 1.82) is 0 Å². The predicted molar refractivity (Wildman–Crippen MR) is 144 cm³/mol. The van der Waals surface area contributed by atoms with E-state index in [1.54, 1.807) is 48.5 Å². The molecule has 1 heterocycles. The highest BCUT2D eigenvalue weighted by molar-refractivity contribution is 5.82. The van der Waals surface area contributed by atoms with Crippen molar-refractivity contribution in [2.24, 2.45) is 11.6 Å². The number of carboxylic acids is 1. The van der Waals surface area contributed by atoms with Gasteiger partial charge in [-0.2, -0.15) is 0 Å². The third kappa shape index (κ3) is 6.05. The number of aliphatic carboxylic acids is 1. The van der Waals surface area contributed by atoms with Crippen molar-refractivity contribution in [3.05, 3.63) is 101 Å². The van der Waals surface area contributed by atoms with E-state index in [0.29, 0.717) is 37.2 Å². The van der Waals surface area contributed by atoms with E-state index < -0.39 is 29.1 Å². The lowest BCUT2D eigenvalue weighted by molar-refractivity contribution is -0.147. The highest BCUT2D eigenvalue weighted by atomic mass is 19.1. The lowest BCUT2D eigenvalue weighted by Gasteiger charge is -2.33. The zero-order valence-electron chi connectivity index (χ0n) is 21.8. The summed E-state index contributed by atoms with van der Waals surface area (Å²) < 4.78 is 41.0. The monoisotopic (exact) mass is 552 g/mol. The van der Waals surface area contributed by atoms with Crippen molar-refractivity contribution >= 4 is 17.7 Å². The summed E-state index contributed by atoms with van der Waals surface area (Å²) in [6, 6.07) is 17.1. The molecule has 1 saturated heterocycles. The van der Waals surface area contributed by atoms with Crippen LogP contribution >= 0.6 is 0 Å². The number of nitrogens with zero attached hydrogens (tertiary/aromatic N) is 1. The van der Waals surface area contributed by atoms with Crippen LogP contribution in [0.2, 0.25) is 0 Å². The number of halogens is 2. The highest BCUT2D eigenvalue weighted by Gasteiger charge is 2.41. The van der Waals surface area contributed by atoms with E-state index in [1.807, 2.05) is 6.07 Å². The lowest BCUT2D eigenvalue weighted by Crippen LogP contribution is -2.42. The Morgan fingerprint density at radius 2 is 1.70 bits per heavy atom. The molecular weight excluding hydrogens is 522 g/mol. The first-order chi connectivity index (χ1) is 19.1. The van der Waals surface area contributed by atoms with Crippen LogP contribution in [0.25, 0.3) is 11.1 Å². The molecular formula is C29H30F2N4O5. The number of hydrogen-bond acceptors (Lipinski definition) is 7. The summed E-state index contributed by atoms with van der Waals surface area (Å²) in [5.41, 5.74) is 6.03. The molecule has 0 spiro atoms. The molecule has 0 aromatic heterocycles. The fourth-order valence-electron chi connectivity index (χ4n) is 4.58. The second-order valence-corrected chi connectivity index (χ2v) is 9.45. The molecule has 1 aliphatic heterocycles. The number of nitrogens with one attached hydrogen (secondary N) is 1. The summed E-state index contributed by atoms with van der Waals surface area (Å²) in [5.74, 6) is 3.23. The molecule has 0 atom stereocenters. The van der Waals surface area contributed by atoms with Crippen molar-refractivity contribution in [3.63, 3.8) is 0 Å². The molecule has 9 nitrogen and oxygen atoms in total. The Bertz CT molecular complexity index is 1400. The van der Waals surface area contributed by atoms with E-state index in [9.17, 15) is 14.7 Å². The van der Waals surface area contributed by atoms with E-state index in [2.05, 4.69) is 5.32 Å². The molecule has 1 aliphatic rings. The van der Waals surface area contributed by atoms with E-state index in [4.69, 9.17) is 21.1 Å². The number of benzene rings is 3. The second-order valence-electron chi connectivity index (χ2n) is 9.45. The van der Waals surface area contributed by atoms with Gasteiger partial charge in [0.15, 0.2) is 0 Å². The number of carboxylic acid groups (broad SMARTS) is 1. The summed E-state index contributed by atoms with van der Waals surface area (Å²) in [5, 5.41) is 13.0. The Kier molecular flexibility index (Phi) is 8.66. The molecule has 0 unspecified atom stereocenters. The van der Waals surface area contributed by atoms with E-state index in [0.717, 1.165) is 22.7 Å². The normalized spacial score (nSPS) is 15.1. The van der Waals surface area contributed by atoms with Gasteiger partial charge in [-0.25, -0.2) is 19.4 Å². The van der Waals surface area contributed by atoms with Crippen molar-refractivity contribution in [1.82, 2.24) is 5.32 Å². The minimum Gasteiger partial charge on any atom is -0.481 e. The average molecular weight is 553 g/mol. The van der Waals surface area contributed by atoms with Crippen LogP contribution in [0, 0.1) is 11.6 Å². The zero-order valence-corrected chi connectivity index (χ0v) is 21.8. The Labute approximate surface area is 229 Å². The topological polar surface area (TPSA) is 140 Å². The molecule has 210 valence electrons. The average Bonchev–Trinajstić information content (AvgIpc) is 2.96. The maximum Gasteiger partial charge on any atom is 0.413 e. The molecule has 0 bridgehead atoms. The molecule has 1 fully saturated rings. The molecule has 40 heavy (non-hydrogen) atoms. The minimum absolute atomic E-state index is 0.0218. The predicted octanol–water partition coefficient (Wildman–Crippen LogP) is 4.52. The molecule has 4 rings (SSSR count). The number of anilines is 1. The van der Waals surface area contributed by atoms with Gasteiger partial charge in [-0.1, -0.05) is 54.6 Å². The fraction of sp³-hybridized carbons (Fsp3) is 0.241. The molecule has 1 amide bonds. The van der Waals surface area contributed by atoms with E-state index >= 15 is 8.78 Å². The number of nitrogens with two attached hydrogens (primary N) is 2. The molecule has 6 N–H and O–H groups in total. The first-order valence-corrected chi connectivity index (χ1v) is 12.5. The Morgan fingerprint density at radius 1 is 1.05 bits per heavy atom. The van der Waals surface area contributed by atoms with Crippen LogP contribution in [-0.2, 0) is 26.3 Å². The maximum atomic E-state index is 15.3. The van der Waals surface area contributed by atoms with Gasteiger partial charge in [-0.05, 0) is 42.5 Å². The third-order valence-corrected chi connectivity index (χ3v) is 6.85. The molecule has 3 aromatic rings. The van der Waals surface area contributed by atoms with Crippen LogP contribution in [-0.4, -0.2) is 30.4 Å². The van der Waals surface area contributed by atoms with Gasteiger partial charge in [0.25, 0.3) is 0 Å². The number of rotatable bonds is 8. The summed E-state index contributed by atoms with van der Waals surface area (Å²) >= 11 is 0. The van der Waals surface area contributed by atoms with Crippen molar-refractivity contribution < 1.29 is 33.0 Å². The number of ether oxygens (including phenoxy) is 2. The Hall–Kier alpha value is -4.48. The summed E-state index contributed by atoms with van der Waals surface area (Å²) in [6.07, 6.45) is -0.258. The van der Waals surface area contributed by atoms with Crippen LogP contribution in [0.15, 0.2) is 78.2 Å². The smallest absolute Gasteiger partial charge is 0.413 e. The van der Waals surface area contributed by atoms with E-state index in [1.165, 1.54) is 6.92 Å². The maximum absolute atomic E-state index is 15.3. The first-order valence-electron chi connectivity index (χ1n) is 12.5. The van der Waals surface area contributed by atoms with Crippen LogP contribution in [0.4, 0.5) is 19.3 Å². The van der Waals surface area contributed by atoms with Gasteiger partial charge in [-0.15, -0.1) is 0 Å². The summed E-state index contributed by atoms with van der Waals surface area (Å²) in [4.78, 5) is 24.4. The van der Waals surface area contributed by atoms with Crippen LogP contribution in [0.3, 0.4) is 0 Å². The number of hydrogen-bond donors (Lipinski definition) is 4. The number of carbonyl (C=O) groups is 2. The zero-order chi connectivity index (χ0) is 28.9. The number of carbonyl (C=O) groups excluding carboxylic acids is 1. The molecule has 0 aliphatic carbocycles. The number of alkyl carbamates (subject to hydrolysis) is 1. The standard InChI is InChI=1S/C29H30F2N4O5/c1-18(32)26(34-28(38)40-17-19-5-3-2-4-6-19)35(33)25-16-23(30)22(15-24(25)31)20-7-9-21(10-8-20)29(27(36)37)11-13-39-14-12-29/h2-10,15-16H,11-14,17,32-33H2,1H3,(H,34,38)(H,36,37)/b26-18-. The van der Waals surface area contributed by atoms with Gasteiger partial charge in [-0.3, -0.25) is 15.1 Å². The van der Waals surface area contributed by atoms with Crippen LogP contribution < -0.4 is 21.9 Å². The Balaban J connectivity index is 1.53. The Morgan fingerprint density at radius 3 is 2.30 bits per heavy atom. The second kappa shape index (κ2) is 12.1. The van der Waals surface area contributed by atoms with Crippen molar-refractivity contribution in [2.75, 3.05) is 18.2 Å². The number of hydrazine groups is 1. The van der Waals surface area contributed by atoms with Crippen molar-refractivity contribution in [3.8, 4) is 11.1 Å². The van der Waals surface area contributed by atoms with Gasteiger partial charge in [0.2, 0.25) is 0 Å². The van der Waals surface area contributed by atoms with Crippen molar-refractivity contribution in [2.45, 2.75) is 31.8 Å². The third-order valence-electron chi connectivity index (χ3n) is 6.85. The molecule has 11 heteroatoms. The minimum atomic E-state index is -1.09. The van der Waals surface area contributed by atoms with Gasteiger partial charge >= 0.3 is 12.1 Å².